The van der Waals surface area contributed by atoms with Crippen molar-refractivity contribution in [2.75, 3.05) is 26.3 Å². The quantitative estimate of drug-likeness (QED) is 0.466. The van der Waals surface area contributed by atoms with Gasteiger partial charge in [0.15, 0.2) is 5.60 Å². The number of aliphatic hydroxyl groups is 1. The minimum Gasteiger partial charge on any atom is -0.375 e. The molecule has 2 saturated carbocycles. The molecule has 1 aliphatic heterocycles. The normalized spacial score (nSPS) is 28.6. The van der Waals surface area contributed by atoms with Crippen LogP contribution in [0.4, 0.5) is 0 Å². The van der Waals surface area contributed by atoms with E-state index in [1.165, 1.54) is 5.57 Å². The molecule has 0 spiro atoms. The van der Waals surface area contributed by atoms with Crippen LogP contribution in [-0.2, 0) is 10.4 Å². The predicted molar refractivity (Wildman–Crippen MR) is 115 cm³/mol. The summed E-state index contributed by atoms with van der Waals surface area (Å²) in [4.78, 5) is 15.6. The summed E-state index contributed by atoms with van der Waals surface area (Å²) in [6.45, 7) is 8.03. The summed E-state index contributed by atoms with van der Waals surface area (Å²) in [5, 5.41) is 18.0. The highest BCUT2D eigenvalue weighted by Gasteiger charge is 2.55. The topological polar surface area (TPSA) is 64.6 Å². The highest BCUT2D eigenvalue weighted by atomic mass is 16.3. The summed E-state index contributed by atoms with van der Waals surface area (Å²) in [6.07, 6.45) is 6.27. The van der Waals surface area contributed by atoms with Crippen LogP contribution in [0.1, 0.15) is 45.1 Å². The van der Waals surface area contributed by atoms with E-state index in [1.54, 1.807) is 0 Å². The van der Waals surface area contributed by atoms with Crippen LogP contribution in [0.25, 0.3) is 0 Å². The van der Waals surface area contributed by atoms with E-state index in [4.69, 9.17) is 0 Å². The average molecular weight is 398 g/mol. The molecule has 1 saturated heterocycles. The second kappa shape index (κ2) is 8.58. The molecule has 158 valence electrons. The molecule has 0 radical (unpaired) electrons. The van der Waals surface area contributed by atoms with Gasteiger partial charge in [-0.05, 0) is 44.1 Å². The Kier molecular flexibility index (Phi) is 6.09. The van der Waals surface area contributed by atoms with Crippen LogP contribution in [0.2, 0.25) is 0 Å². The number of hydrogen-bond acceptors (Lipinski definition) is 4. The molecule has 0 aromatic heterocycles. The molecule has 5 nitrogen and oxygen atoms in total. The molecule has 5 heteroatoms. The maximum atomic E-state index is 13.1. The first kappa shape index (κ1) is 20.6. The lowest BCUT2D eigenvalue weighted by molar-refractivity contribution is -0.147. The average Bonchev–Trinajstić information content (AvgIpc) is 3.15. The van der Waals surface area contributed by atoms with Gasteiger partial charge in [-0.25, -0.2) is 0 Å². The van der Waals surface area contributed by atoms with Crippen LogP contribution in [0.5, 0.6) is 0 Å². The van der Waals surface area contributed by atoms with Crippen LogP contribution in [0.15, 0.2) is 42.0 Å². The largest absolute Gasteiger partial charge is 0.375 e. The van der Waals surface area contributed by atoms with Gasteiger partial charge in [0.05, 0.1) is 6.67 Å². The monoisotopic (exact) mass is 397 g/mol. The maximum Gasteiger partial charge on any atom is 0.257 e. The van der Waals surface area contributed by atoms with Crippen LogP contribution in [0, 0.1) is 17.8 Å². The number of carbonyl (C=O) groups excluding carboxylic acids is 1. The van der Waals surface area contributed by atoms with Crippen molar-refractivity contribution in [2.45, 2.75) is 51.2 Å². The van der Waals surface area contributed by atoms with E-state index in [2.05, 4.69) is 35.5 Å². The second-order valence-corrected chi connectivity index (χ2v) is 9.35. The Hall–Kier alpha value is -1.69. The molecule has 2 unspecified atom stereocenters. The number of piperidine rings is 1. The van der Waals surface area contributed by atoms with Gasteiger partial charge >= 0.3 is 0 Å². The van der Waals surface area contributed by atoms with Gasteiger partial charge < -0.3 is 10.4 Å². The Morgan fingerprint density at radius 1 is 1.17 bits per heavy atom. The number of rotatable bonds is 8. The van der Waals surface area contributed by atoms with Crippen molar-refractivity contribution < 1.29 is 9.90 Å². The zero-order valence-electron chi connectivity index (χ0n) is 17.7. The molecular weight excluding hydrogens is 362 g/mol. The van der Waals surface area contributed by atoms with Gasteiger partial charge in [-0.2, -0.15) is 0 Å². The first-order chi connectivity index (χ1) is 14.0. The zero-order valence-corrected chi connectivity index (χ0v) is 17.7. The molecule has 1 aromatic carbocycles. The number of amides is 1. The molecule has 2 aliphatic carbocycles. The third-order valence-electron chi connectivity index (χ3n) is 7.12. The van der Waals surface area contributed by atoms with Gasteiger partial charge in [-0.1, -0.05) is 54.8 Å². The number of nitrogens with one attached hydrogen (secondary N) is 2. The van der Waals surface area contributed by atoms with Crippen molar-refractivity contribution in [1.82, 2.24) is 15.5 Å². The highest BCUT2D eigenvalue weighted by molar-refractivity contribution is 5.86. The highest BCUT2D eigenvalue weighted by Crippen LogP contribution is 2.45. The van der Waals surface area contributed by atoms with Gasteiger partial charge in [-0.3, -0.25) is 15.0 Å². The number of hydrogen-bond donors (Lipinski definition) is 3. The molecule has 4 atom stereocenters. The lowest BCUT2D eigenvalue weighted by Crippen LogP contribution is -2.51. The smallest absolute Gasteiger partial charge is 0.257 e. The Morgan fingerprint density at radius 3 is 2.45 bits per heavy atom. The minimum atomic E-state index is -1.43. The second-order valence-electron chi connectivity index (χ2n) is 9.35. The standard InChI is InChI=1S/C24H35N3O2/c1-17(2)12-13-27-14-20-21(15-27)22(20)25-16-26-23(28)24(29,19-10-6-7-11-19)18-8-4-3-5-9-18/h3-5,8-9,12,19-22,25,29H,6-7,10-11,13-16H2,1-2H3,(H,26,28)/t20-,21+,22?,24?. The van der Waals surface area contributed by atoms with E-state index < -0.39 is 5.60 Å². The molecule has 1 amide bonds. The summed E-state index contributed by atoms with van der Waals surface area (Å²) in [7, 11) is 0. The summed E-state index contributed by atoms with van der Waals surface area (Å²) < 4.78 is 0. The van der Waals surface area contributed by atoms with Gasteiger partial charge in [-0.15, -0.1) is 0 Å². The third-order valence-corrected chi connectivity index (χ3v) is 7.12. The van der Waals surface area contributed by atoms with Gasteiger partial charge in [0, 0.05) is 31.6 Å². The molecule has 3 aliphatic rings. The molecule has 29 heavy (non-hydrogen) atoms. The Labute approximate surface area is 174 Å². The molecule has 1 heterocycles. The van der Waals surface area contributed by atoms with Crippen molar-refractivity contribution in [3.63, 3.8) is 0 Å². The Balaban J connectivity index is 1.29. The number of likely N-dealkylation sites (tertiary alicyclic amines) is 1. The molecular formula is C24H35N3O2. The summed E-state index contributed by atoms with van der Waals surface area (Å²) in [6, 6.07) is 9.95. The van der Waals surface area contributed by atoms with E-state index in [0.717, 1.165) is 45.3 Å². The molecule has 3 fully saturated rings. The van der Waals surface area contributed by atoms with Gasteiger partial charge in [0.2, 0.25) is 0 Å². The number of carbonyl (C=O) groups is 1. The van der Waals surface area contributed by atoms with Gasteiger partial charge in [0.25, 0.3) is 5.91 Å². The SMILES string of the molecule is CC(C)=CCN1C[C@@H]2C(NCNC(=O)C(O)(c3ccccc3)C3CCCC3)[C@@H]2C1. The fourth-order valence-corrected chi connectivity index (χ4v) is 5.35. The number of nitrogens with zero attached hydrogens (tertiary/aromatic N) is 1. The molecule has 0 bridgehead atoms. The Bertz CT molecular complexity index is 728. The van der Waals surface area contributed by atoms with Crippen molar-refractivity contribution in [3.05, 3.63) is 47.5 Å². The summed E-state index contributed by atoms with van der Waals surface area (Å²) in [5.74, 6) is 1.12. The van der Waals surface area contributed by atoms with E-state index in [-0.39, 0.29) is 11.8 Å². The van der Waals surface area contributed by atoms with Crippen LogP contribution in [0.3, 0.4) is 0 Å². The minimum absolute atomic E-state index is 0.00570. The first-order valence-electron chi connectivity index (χ1n) is 11.2. The first-order valence-corrected chi connectivity index (χ1v) is 11.2. The van der Waals surface area contributed by atoms with Crippen LogP contribution in [-0.4, -0.2) is 48.3 Å². The van der Waals surface area contributed by atoms with E-state index in [1.807, 2.05) is 30.3 Å². The summed E-state index contributed by atoms with van der Waals surface area (Å²) in [5.41, 5.74) is 0.652. The maximum absolute atomic E-state index is 13.1. The lowest BCUT2D eigenvalue weighted by Gasteiger charge is -2.33. The van der Waals surface area contributed by atoms with Crippen LogP contribution >= 0.6 is 0 Å². The van der Waals surface area contributed by atoms with Crippen LogP contribution < -0.4 is 10.6 Å². The molecule has 4 rings (SSSR count). The Morgan fingerprint density at radius 2 is 1.83 bits per heavy atom. The van der Waals surface area contributed by atoms with Crippen molar-refractivity contribution in [2.24, 2.45) is 17.8 Å². The zero-order chi connectivity index (χ0) is 20.4. The fraction of sp³-hybridized carbons (Fsp3) is 0.625. The van der Waals surface area contributed by atoms with Crippen molar-refractivity contribution in [3.8, 4) is 0 Å². The van der Waals surface area contributed by atoms with Gasteiger partial charge in [0.1, 0.15) is 0 Å². The fourth-order valence-electron chi connectivity index (χ4n) is 5.35. The predicted octanol–water partition coefficient (Wildman–Crippen LogP) is 2.62. The van der Waals surface area contributed by atoms with E-state index >= 15 is 0 Å². The summed E-state index contributed by atoms with van der Waals surface area (Å²) >= 11 is 0. The molecule has 1 aromatic rings. The molecule has 3 N–H and O–H groups in total. The number of allylic oxidation sites excluding steroid dienone is 1. The van der Waals surface area contributed by atoms with Crippen molar-refractivity contribution in [1.29, 1.82) is 0 Å². The lowest BCUT2D eigenvalue weighted by atomic mass is 9.79. The number of fused-ring (bicyclic) bond motifs is 1. The van der Waals surface area contributed by atoms with Crippen molar-refractivity contribution >= 4 is 5.91 Å². The van der Waals surface area contributed by atoms with E-state index in [9.17, 15) is 9.90 Å². The van der Waals surface area contributed by atoms with E-state index in [0.29, 0.717) is 30.1 Å². The number of benzene rings is 1. The third kappa shape index (κ3) is 4.27.